The van der Waals surface area contributed by atoms with Crippen LogP contribution in [0, 0.1) is 21.4 Å². The van der Waals surface area contributed by atoms with Crippen LogP contribution in [-0.4, -0.2) is 20.4 Å². The highest BCUT2D eigenvalue weighted by molar-refractivity contribution is 6.33. The lowest BCUT2D eigenvalue weighted by Gasteiger charge is -2.04. The lowest BCUT2D eigenvalue weighted by molar-refractivity contribution is -0.389. The number of esters is 1. The molecule has 0 atom stereocenters. The zero-order valence-corrected chi connectivity index (χ0v) is 12.1. The van der Waals surface area contributed by atoms with Crippen molar-refractivity contribution in [2.45, 2.75) is 6.61 Å². The molecule has 2 aromatic rings. The third kappa shape index (κ3) is 2.89. The van der Waals surface area contributed by atoms with Crippen LogP contribution in [0.15, 0.2) is 24.3 Å². The van der Waals surface area contributed by atoms with Gasteiger partial charge in [0.1, 0.15) is 6.07 Å². The predicted octanol–water partition coefficient (Wildman–Crippen LogP) is 2.21. The molecule has 1 heterocycles. The summed E-state index contributed by atoms with van der Waals surface area (Å²) in [5.41, 5.74) is -0.0397. The first-order valence-corrected chi connectivity index (χ1v) is 6.35. The van der Waals surface area contributed by atoms with Crippen molar-refractivity contribution in [1.29, 1.82) is 5.26 Å². The van der Waals surface area contributed by atoms with Crippen LogP contribution in [0.3, 0.4) is 0 Å². The van der Waals surface area contributed by atoms with Crippen LogP contribution in [0.2, 0.25) is 5.02 Å². The van der Waals surface area contributed by atoms with Gasteiger partial charge in [-0.3, -0.25) is 4.57 Å². The topological polar surface area (TPSA) is 111 Å². The molecule has 0 spiro atoms. The van der Waals surface area contributed by atoms with Crippen LogP contribution >= 0.6 is 11.6 Å². The Hall–Kier alpha value is -2.92. The van der Waals surface area contributed by atoms with E-state index >= 15 is 0 Å². The molecule has 0 aliphatic carbocycles. The van der Waals surface area contributed by atoms with Gasteiger partial charge in [-0.2, -0.15) is 5.26 Å². The maximum absolute atomic E-state index is 11.9. The number of aromatic nitrogens is 2. The minimum atomic E-state index is -0.766. The van der Waals surface area contributed by atoms with E-state index in [9.17, 15) is 14.9 Å². The smallest absolute Gasteiger partial charge is 0.400 e. The summed E-state index contributed by atoms with van der Waals surface area (Å²) in [6.45, 7) is -0.316. The van der Waals surface area contributed by atoms with Crippen molar-refractivity contribution in [3.05, 3.63) is 56.5 Å². The lowest BCUT2D eigenvalue weighted by Crippen LogP contribution is -2.09. The second kappa shape index (κ2) is 6.24. The average molecular weight is 321 g/mol. The number of benzene rings is 1. The molecule has 1 aromatic carbocycles. The fourth-order valence-electron chi connectivity index (χ4n) is 1.75. The molecule has 8 nitrogen and oxygen atoms in total. The largest absolute Gasteiger partial charge is 0.451 e. The summed E-state index contributed by atoms with van der Waals surface area (Å²) >= 11 is 5.87. The Morgan fingerprint density at radius 3 is 2.77 bits per heavy atom. The van der Waals surface area contributed by atoms with Crippen molar-refractivity contribution in [1.82, 2.24) is 9.55 Å². The molecule has 9 heteroatoms. The van der Waals surface area contributed by atoms with Crippen molar-refractivity contribution in [2.24, 2.45) is 7.05 Å². The fourth-order valence-corrected chi connectivity index (χ4v) is 1.96. The van der Waals surface area contributed by atoms with Crippen molar-refractivity contribution in [2.75, 3.05) is 0 Å². The maximum Gasteiger partial charge on any atom is 0.400 e. The molecule has 0 aliphatic rings. The van der Waals surface area contributed by atoms with Gasteiger partial charge in [-0.1, -0.05) is 23.7 Å². The first-order chi connectivity index (χ1) is 10.5. The molecule has 0 saturated carbocycles. The summed E-state index contributed by atoms with van der Waals surface area (Å²) in [5.74, 6) is -1.17. The van der Waals surface area contributed by atoms with Crippen molar-refractivity contribution >= 4 is 23.4 Å². The summed E-state index contributed by atoms with van der Waals surface area (Å²) in [6, 6.07) is 8.02. The van der Waals surface area contributed by atoms with Gasteiger partial charge in [-0.25, -0.2) is 4.79 Å². The molecule has 2 rings (SSSR count). The molecule has 0 aliphatic heterocycles. The molecule has 0 radical (unpaired) electrons. The number of halogens is 1. The van der Waals surface area contributed by atoms with E-state index in [-0.39, 0.29) is 28.7 Å². The van der Waals surface area contributed by atoms with Gasteiger partial charge in [-0.15, -0.1) is 0 Å². The number of nitro groups is 1. The van der Waals surface area contributed by atoms with Crippen LogP contribution in [-0.2, 0) is 18.4 Å². The Morgan fingerprint density at radius 2 is 2.23 bits per heavy atom. The SMILES string of the molecule is Cn1c(COC(=O)c2ccccc2Cl)nc([N+](=O)[O-])c1C#N. The van der Waals surface area contributed by atoms with Crippen LogP contribution in [0.25, 0.3) is 0 Å². The molecule has 1 aromatic heterocycles. The van der Waals surface area contributed by atoms with Gasteiger partial charge < -0.3 is 14.9 Å². The van der Waals surface area contributed by atoms with Gasteiger partial charge in [0.15, 0.2) is 6.61 Å². The molecule has 22 heavy (non-hydrogen) atoms. The lowest BCUT2D eigenvalue weighted by atomic mass is 10.2. The third-order valence-corrected chi connectivity index (χ3v) is 3.20. The molecule has 0 N–H and O–H groups in total. The summed E-state index contributed by atoms with van der Waals surface area (Å²) in [5, 5.41) is 19.9. The highest BCUT2D eigenvalue weighted by Crippen LogP contribution is 2.19. The van der Waals surface area contributed by atoms with Gasteiger partial charge in [0.2, 0.25) is 5.69 Å². The number of hydrogen-bond acceptors (Lipinski definition) is 6. The Balaban J connectivity index is 2.19. The summed E-state index contributed by atoms with van der Waals surface area (Å²) in [7, 11) is 1.43. The van der Waals surface area contributed by atoms with E-state index < -0.39 is 16.7 Å². The van der Waals surface area contributed by atoms with Crippen molar-refractivity contribution < 1.29 is 14.5 Å². The minimum Gasteiger partial charge on any atom is -0.451 e. The quantitative estimate of drug-likeness (QED) is 0.485. The molecular weight excluding hydrogens is 312 g/mol. The number of nitriles is 1. The van der Waals surface area contributed by atoms with Gasteiger partial charge in [-0.05, 0) is 22.0 Å². The van der Waals surface area contributed by atoms with E-state index in [1.807, 2.05) is 0 Å². The Morgan fingerprint density at radius 1 is 1.55 bits per heavy atom. The van der Waals surface area contributed by atoms with E-state index in [1.165, 1.54) is 23.7 Å². The van der Waals surface area contributed by atoms with Gasteiger partial charge in [0, 0.05) is 7.05 Å². The molecule has 0 saturated heterocycles. The second-order valence-electron chi connectivity index (χ2n) is 4.18. The highest BCUT2D eigenvalue weighted by atomic mass is 35.5. The number of ether oxygens (including phenoxy) is 1. The monoisotopic (exact) mass is 320 g/mol. The van der Waals surface area contributed by atoms with E-state index in [1.54, 1.807) is 18.2 Å². The first kappa shape index (κ1) is 15.5. The molecule has 112 valence electrons. The fraction of sp³-hybridized carbons (Fsp3) is 0.154. The highest BCUT2D eigenvalue weighted by Gasteiger charge is 2.26. The number of hydrogen-bond donors (Lipinski definition) is 0. The van der Waals surface area contributed by atoms with Gasteiger partial charge in [0.25, 0.3) is 5.82 Å². The summed E-state index contributed by atoms with van der Waals surface area (Å²) < 4.78 is 6.24. The molecule has 0 bridgehead atoms. The van der Waals surface area contributed by atoms with Crippen LogP contribution in [0.5, 0.6) is 0 Å². The number of rotatable bonds is 4. The molecule has 0 fully saturated rings. The Labute approximate surface area is 129 Å². The van der Waals surface area contributed by atoms with Crippen LogP contribution in [0.1, 0.15) is 21.9 Å². The van der Waals surface area contributed by atoms with Crippen LogP contribution < -0.4 is 0 Å². The van der Waals surface area contributed by atoms with Gasteiger partial charge in [0.05, 0.1) is 10.6 Å². The van der Waals surface area contributed by atoms with Gasteiger partial charge >= 0.3 is 11.8 Å². The zero-order valence-electron chi connectivity index (χ0n) is 11.3. The normalized spacial score (nSPS) is 10.0. The standard InChI is InChI=1S/C13H9ClN4O4/c1-17-10(6-15)12(18(20)21)16-11(17)7-22-13(19)8-4-2-3-5-9(8)14/h2-5H,7H2,1H3. The van der Waals surface area contributed by atoms with E-state index in [0.717, 1.165) is 0 Å². The van der Waals surface area contributed by atoms with Crippen molar-refractivity contribution in [3.63, 3.8) is 0 Å². The Bertz CT molecular complexity index is 794. The number of nitrogens with zero attached hydrogens (tertiary/aromatic N) is 4. The summed E-state index contributed by atoms with van der Waals surface area (Å²) in [6.07, 6.45) is 0. The van der Waals surface area contributed by atoms with E-state index in [4.69, 9.17) is 21.6 Å². The Kier molecular flexibility index (Phi) is 4.39. The second-order valence-corrected chi connectivity index (χ2v) is 4.59. The van der Waals surface area contributed by atoms with Crippen molar-refractivity contribution in [3.8, 4) is 6.07 Å². The number of carbonyl (C=O) groups excluding carboxylic acids is 1. The first-order valence-electron chi connectivity index (χ1n) is 5.97. The number of imidazole rings is 1. The predicted molar refractivity (Wildman–Crippen MR) is 75.1 cm³/mol. The van der Waals surface area contributed by atoms with E-state index in [2.05, 4.69) is 4.98 Å². The molecular formula is C13H9ClN4O4. The zero-order chi connectivity index (χ0) is 16.3. The number of carbonyl (C=O) groups is 1. The third-order valence-electron chi connectivity index (χ3n) is 2.87. The maximum atomic E-state index is 11.9. The van der Waals surface area contributed by atoms with Crippen LogP contribution in [0.4, 0.5) is 5.82 Å². The minimum absolute atomic E-state index is 0.0867. The molecule has 0 amide bonds. The molecule has 0 unspecified atom stereocenters. The van der Waals surface area contributed by atoms with E-state index in [0.29, 0.717) is 0 Å². The summed E-state index contributed by atoms with van der Waals surface area (Å²) in [4.78, 5) is 25.6. The average Bonchev–Trinajstić information content (AvgIpc) is 2.81.